The number of furan rings is 1. The van der Waals surface area contributed by atoms with E-state index in [1.165, 1.54) is 27.4 Å². The van der Waals surface area contributed by atoms with E-state index in [-0.39, 0.29) is 0 Å². The van der Waals surface area contributed by atoms with E-state index < -0.39 is 0 Å². The molecule has 3 heterocycles. The van der Waals surface area contributed by atoms with E-state index in [0.29, 0.717) is 5.56 Å². The molecule has 48 heavy (non-hydrogen) atoms. The summed E-state index contributed by atoms with van der Waals surface area (Å²) in [5.41, 5.74) is 12.6. The van der Waals surface area contributed by atoms with Gasteiger partial charge in [-0.2, -0.15) is 5.26 Å². The minimum atomic E-state index is 0.681. The van der Waals surface area contributed by atoms with Crippen molar-refractivity contribution in [2.45, 2.75) is 6.92 Å². The lowest BCUT2D eigenvalue weighted by molar-refractivity contribution is 0.669. The summed E-state index contributed by atoms with van der Waals surface area (Å²) >= 11 is 0. The van der Waals surface area contributed by atoms with Crippen LogP contribution in [0.1, 0.15) is 11.1 Å². The highest BCUT2D eigenvalue weighted by Crippen LogP contribution is 2.39. The predicted octanol–water partition coefficient (Wildman–Crippen LogP) is 11.6. The van der Waals surface area contributed by atoms with Crippen LogP contribution in [0.2, 0.25) is 0 Å². The first-order valence-electron chi connectivity index (χ1n) is 16.2. The minimum absolute atomic E-state index is 0.681. The molecule has 0 fully saturated rings. The Morgan fingerprint density at radius 2 is 1.06 bits per heavy atom. The Morgan fingerprint density at radius 1 is 0.479 bits per heavy atom. The van der Waals surface area contributed by atoms with Crippen molar-refractivity contribution in [3.05, 3.63) is 157 Å². The number of nitriles is 1. The van der Waals surface area contributed by atoms with Crippen LogP contribution in [-0.4, -0.2) is 9.13 Å². The molecule has 0 aliphatic rings. The van der Waals surface area contributed by atoms with Crippen LogP contribution in [0.3, 0.4) is 0 Å². The van der Waals surface area contributed by atoms with Gasteiger partial charge < -0.3 is 13.6 Å². The summed E-state index contributed by atoms with van der Waals surface area (Å²) in [6.45, 7) is 2.19. The summed E-state index contributed by atoms with van der Waals surface area (Å²) in [6.07, 6.45) is 0. The van der Waals surface area contributed by atoms with Gasteiger partial charge in [0, 0.05) is 43.7 Å². The second kappa shape index (κ2) is 9.96. The van der Waals surface area contributed by atoms with Crippen molar-refractivity contribution >= 4 is 65.6 Å². The number of benzene rings is 7. The zero-order chi connectivity index (χ0) is 31.9. The van der Waals surface area contributed by atoms with Gasteiger partial charge in [-0.05, 0) is 96.4 Å². The summed E-state index contributed by atoms with van der Waals surface area (Å²) < 4.78 is 11.0. The summed E-state index contributed by atoms with van der Waals surface area (Å²) in [4.78, 5) is 0. The molecule has 0 saturated heterocycles. The molecule has 224 valence electrons. The van der Waals surface area contributed by atoms with Crippen LogP contribution < -0.4 is 0 Å². The monoisotopic (exact) mass is 613 g/mol. The van der Waals surface area contributed by atoms with Gasteiger partial charge in [-0.25, -0.2) is 0 Å². The number of fused-ring (bicyclic) bond motifs is 9. The topological polar surface area (TPSA) is 46.8 Å². The lowest BCUT2D eigenvalue weighted by Gasteiger charge is -2.11. The fourth-order valence-electron chi connectivity index (χ4n) is 7.78. The molecule has 0 radical (unpaired) electrons. The molecule has 0 saturated carbocycles. The first kappa shape index (κ1) is 26.6. The Labute approximate surface area is 275 Å². The van der Waals surface area contributed by atoms with Crippen LogP contribution in [-0.2, 0) is 0 Å². The number of hydrogen-bond acceptors (Lipinski definition) is 2. The highest BCUT2D eigenvalue weighted by molar-refractivity contribution is 6.13. The number of hydrogen-bond donors (Lipinski definition) is 0. The van der Waals surface area contributed by atoms with Crippen molar-refractivity contribution in [1.82, 2.24) is 9.13 Å². The molecule has 0 bridgehead atoms. The second-order valence-electron chi connectivity index (χ2n) is 12.5. The first-order valence-corrected chi connectivity index (χ1v) is 16.2. The maximum Gasteiger partial charge on any atom is 0.135 e. The van der Waals surface area contributed by atoms with Gasteiger partial charge in [0.2, 0.25) is 0 Å². The molecule has 4 heteroatoms. The zero-order valence-electron chi connectivity index (χ0n) is 26.1. The zero-order valence-corrected chi connectivity index (χ0v) is 26.1. The highest BCUT2D eigenvalue weighted by atomic mass is 16.3. The molecule has 0 aliphatic heterocycles. The molecule has 0 aliphatic carbocycles. The summed E-state index contributed by atoms with van der Waals surface area (Å²) in [5.74, 6) is 0. The number of aryl methyl sites for hydroxylation is 1. The smallest absolute Gasteiger partial charge is 0.135 e. The molecule has 3 aromatic heterocycles. The van der Waals surface area contributed by atoms with Crippen molar-refractivity contribution in [1.29, 1.82) is 5.26 Å². The van der Waals surface area contributed by atoms with Crippen molar-refractivity contribution < 1.29 is 4.42 Å². The highest BCUT2D eigenvalue weighted by Gasteiger charge is 2.18. The lowest BCUT2D eigenvalue weighted by atomic mass is 10.0. The van der Waals surface area contributed by atoms with Crippen molar-refractivity contribution in [3.63, 3.8) is 0 Å². The summed E-state index contributed by atoms with van der Waals surface area (Å²) in [5, 5.41) is 16.7. The molecule has 7 aromatic carbocycles. The lowest BCUT2D eigenvalue weighted by Crippen LogP contribution is -1.94. The van der Waals surface area contributed by atoms with E-state index in [9.17, 15) is 5.26 Å². The van der Waals surface area contributed by atoms with E-state index in [4.69, 9.17) is 4.42 Å². The van der Waals surface area contributed by atoms with Crippen LogP contribution in [0.5, 0.6) is 0 Å². The Morgan fingerprint density at radius 3 is 1.83 bits per heavy atom. The predicted molar refractivity (Wildman–Crippen MR) is 197 cm³/mol. The molecule has 0 spiro atoms. The van der Waals surface area contributed by atoms with Crippen LogP contribution in [0, 0.1) is 18.3 Å². The van der Waals surface area contributed by atoms with Gasteiger partial charge in [0.05, 0.1) is 33.7 Å². The van der Waals surface area contributed by atoms with Crippen molar-refractivity contribution in [2.75, 3.05) is 0 Å². The normalized spacial score (nSPS) is 11.8. The fourth-order valence-corrected chi connectivity index (χ4v) is 7.78. The van der Waals surface area contributed by atoms with E-state index in [2.05, 4.69) is 150 Å². The van der Waals surface area contributed by atoms with Gasteiger partial charge in [-0.15, -0.1) is 0 Å². The van der Waals surface area contributed by atoms with Crippen LogP contribution in [0.25, 0.3) is 88.1 Å². The number of para-hydroxylation sites is 2. The average molecular weight is 614 g/mol. The maximum absolute atomic E-state index is 9.93. The Bertz CT molecular complexity index is 2980. The molecular weight excluding hydrogens is 587 g/mol. The van der Waals surface area contributed by atoms with Gasteiger partial charge >= 0.3 is 0 Å². The molecule has 0 amide bonds. The Hall–Kier alpha value is -6.57. The third kappa shape index (κ3) is 3.70. The standard InChI is InChI=1S/C44H27N3O/c1-27-9-6-17-39-43(27)33-13-2-4-15-37(33)46(39)31-12-7-10-28(23-31)29-19-21-41-35(24-29)36-25-32(20-22-42(36)48-41)47-38-16-5-3-14-34(38)44-30(26-45)11-8-18-40(44)47/h2-25H,1H3. The number of nitrogens with zero attached hydrogens (tertiary/aromatic N) is 3. The third-order valence-corrected chi connectivity index (χ3v) is 9.87. The van der Waals surface area contributed by atoms with E-state index >= 15 is 0 Å². The molecular formula is C44H27N3O. The molecule has 0 N–H and O–H groups in total. The summed E-state index contributed by atoms with van der Waals surface area (Å²) in [6, 6.07) is 53.5. The number of rotatable bonds is 3. The molecule has 0 atom stereocenters. The fraction of sp³-hybridized carbons (Fsp3) is 0.0227. The van der Waals surface area contributed by atoms with E-state index in [1.807, 2.05) is 18.2 Å². The average Bonchev–Trinajstić information content (AvgIpc) is 3.79. The molecule has 4 nitrogen and oxygen atoms in total. The van der Waals surface area contributed by atoms with Gasteiger partial charge in [0.15, 0.2) is 0 Å². The SMILES string of the molecule is Cc1cccc2c1c1ccccc1n2-c1cccc(-c2ccc3oc4ccc(-n5c6ccccc6c6c(C#N)cccc65)cc4c3c2)c1. The Balaban J connectivity index is 1.15. The minimum Gasteiger partial charge on any atom is -0.456 e. The maximum atomic E-state index is 9.93. The summed E-state index contributed by atoms with van der Waals surface area (Å²) in [7, 11) is 0. The third-order valence-electron chi connectivity index (χ3n) is 9.87. The van der Waals surface area contributed by atoms with Gasteiger partial charge in [-0.3, -0.25) is 0 Å². The molecule has 10 aromatic rings. The van der Waals surface area contributed by atoms with Crippen molar-refractivity contribution in [3.8, 4) is 28.6 Å². The van der Waals surface area contributed by atoms with Gasteiger partial charge in [-0.1, -0.05) is 72.8 Å². The molecule has 0 unspecified atom stereocenters. The molecule has 10 rings (SSSR count). The van der Waals surface area contributed by atoms with Crippen LogP contribution >= 0.6 is 0 Å². The van der Waals surface area contributed by atoms with Gasteiger partial charge in [0.25, 0.3) is 0 Å². The van der Waals surface area contributed by atoms with Crippen molar-refractivity contribution in [2.24, 2.45) is 0 Å². The quantitative estimate of drug-likeness (QED) is 0.199. The van der Waals surface area contributed by atoms with Crippen LogP contribution in [0.15, 0.2) is 150 Å². The number of aromatic nitrogens is 2. The second-order valence-corrected chi connectivity index (χ2v) is 12.5. The first-order chi connectivity index (χ1) is 23.7. The van der Waals surface area contributed by atoms with E-state index in [0.717, 1.165) is 66.2 Å². The van der Waals surface area contributed by atoms with Gasteiger partial charge in [0.1, 0.15) is 11.2 Å². The Kier molecular flexibility index (Phi) is 5.53. The van der Waals surface area contributed by atoms with Crippen LogP contribution in [0.4, 0.5) is 0 Å². The largest absolute Gasteiger partial charge is 0.456 e. The van der Waals surface area contributed by atoms with E-state index in [1.54, 1.807) is 0 Å².